The highest BCUT2D eigenvalue weighted by molar-refractivity contribution is 5.66. The summed E-state index contributed by atoms with van der Waals surface area (Å²) in [6.07, 6.45) is 1.79. The van der Waals surface area contributed by atoms with Crippen LogP contribution >= 0.6 is 0 Å². The molecule has 4 fully saturated rings. The maximum atomic E-state index is 14.0. The number of aryl methyl sites for hydroxylation is 2. The predicted octanol–water partition coefficient (Wildman–Crippen LogP) is 5.72. The molecule has 5 nitrogen and oxygen atoms in total. The lowest BCUT2D eigenvalue weighted by atomic mass is 9.89. The Morgan fingerprint density at radius 1 is 1.06 bits per heavy atom. The van der Waals surface area contributed by atoms with E-state index in [1.54, 1.807) is 0 Å². The number of fused-ring (bicyclic) bond motifs is 3. The number of likely N-dealkylation sites (tertiary alicyclic amines) is 1. The summed E-state index contributed by atoms with van der Waals surface area (Å²) in [6.45, 7) is 6.98. The van der Waals surface area contributed by atoms with Crippen LogP contribution in [0.5, 0.6) is 0 Å². The van der Waals surface area contributed by atoms with Crippen molar-refractivity contribution in [3.05, 3.63) is 41.0 Å². The topological polar surface area (TPSA) is 50.3 Å². The fourth-order valence-electron chi connectivity index (χ4n) is 6.98. The molecule has 1 N–H and O–H groups in total. The highest BCUT2D eigenvalue weighted by Crippen LogP contribution is 2.44. The lowest BCUT2D eigenvalue weighted by Crippen LogP contribution is -2.34. The van der Waals surface area contributed by atoms with E-state index < -0.39 is 11.7 Å². The van der Waals surface area contributed by atoms with Gasteiger partial charge in [0.1, 0.15) is 5.56 Å². The van der Waals surface area contributed by atoms with E-state index in [2.05, 4.69) is 20.4 Å². The number of ether oxygens (including phenoxy) is 1. The second kappa shape index (κ2) is 8.73. The summed E-state index contributed by atoms with van der Waals surface area (Å²) in [5, 5.41) is 11.4. The number of hydrogen-bond acceptors (Lipinski definition) is 5. The number of alkyl halides is 3. The first-order valence-corrected chi connectivity index (χ1v) is 12.9. The van der Waals surface area contributed by atoms with E-state index in [1.165, 1.54) is 19.3 Å². The fraction of sp³-hybridized carbons (Fsp3) is 0.630. The molecule has 35 heavy (non-hydrogen) atoms. The van der Waals surface area contributed by atoms with Gasteiger partial charge in [0, 0.05) is 38.6 Å². The van der Waals surface area contributed by atoms with Crippen LogP contribution in [0.25, 0.3) is 11.3 Å². The van der Waals surface area contributed by atoms with E-state index in [9.17, 15) is 13.2 Å². The van der Waals surface area contributed by atoms with Crippen molar-refractivity contribution in [3.8, 4) is 11.3 Å². The van der Waals surface area contributed by atoms with Crippen molar-refractivity contribution >= 4 is 5.82 Å². The Labute approximate surface area is 205 Å². The molecule has 3 saturated heterocycles. The summed E-state index contributed by atoms with van der Waals surface area (Å²) >= 11 is 0. The van der Waals surface area contributed by atoms with E-state index in [0.29, 0.717) is 35.5 Å². The summed E-state index contributed by atoms with van der Waals surface area (Å²) in [5.74, 6) is 1.57. The van der Waals surface area contributed by atoms with E-state index in [1.807, 2.05) is 32.0 Å². The van der Waals surface area contributed by atoms with Crippen LogP contribution in [0.15, 0.2) is 24.3 Å². The van der Waals surface area contributed by atoms with Gasteiger partial charge in [-0.2, -0.15) is 13.2 Å². The largest absolute Gasteiger partial charge is 0.420 e. The molecule has 8 heteroatoms. The van der Waals surface area contributed by atoms with Crippen molar-refractivity contribution in [1.82, 2.24) is 15.1 Å². The second-order valence-electron chi connectivity index (χ2n) is 11.2. The minimum Gasteiger partial charge on any atom is -0.375 e. The van der Waals surface area contributed by atoms with Crippen LogP contribution in [0, 0.1) is 31.6 Å². The molecular formula is C27H35F3N4O. The highest BCUT2D eigenvalue weighted by atomic mass is 19.4. The SMILES string of the molecule is Cc1ccc(C)c(-c2cc(C(F)(F)F)c(NC3C[C@@H]4CN(C[C@H]5CC6CCC5O6)C[C@@H]4C3)nn2)c1.[HH]. The van der Waals surface area contributed by atoms with Gasteiger partial charge < -0.3 is 15.0 Å². The maximum Gasteiger partial charge on any atom is 0.420 e. The van der Waals surface area contributed by atoms with Gasteiger partial charge in [0.25, 0.3) is 0 Å². The number of nitrogens with zero attached hydrogens (tertiary/aromatic N) is 3. The van der Waals surface area contributed by atoms with Crippen LogP contribution < -0.4 is 5.32 Å². The van der Waals surface area contributed by atoms with Gasteiger partial charge in [0.05, 0.1) is 17.9 Å². The van der Waals surface area contributed by atoms with Crippen molar-refractivity contribution in [2.45, 2.75) is 70.4 Å². The smallest absolute Gasteiger partial charge is 0.375 e. The summed E-state index contributed by atoms with van der Waals surface area (Å²) in [5.41, 5.74) is 2.06. The first-order chi connectivity index (χ1) is 16.7. The minimum atomic E-state index is -4.50. The fourth-order valence-corrected chi connectivity index (χ4v) is 6.98. The van der Waals surface area contributed by atoms with Crippen molar-refractivity contribution in [2.75, 3.05) is 25.0 Å². The standard InChI is InChI=1S/C27H33F3N4O.H2/c1-15-3-4-16(2)22(7-15)24-11-23(27(28,29)30)26(33-32-24)31-20-8-17-12-34(13-18(17)9-20)14-19-10-21-5-6-25(19)35-21;/h3-4,7,11,17-21,25H,5-6,8-10,12-14H2,1-2H3,(H,31,33);1H/t17-,18+,19-,20?,21?,25?;/m1./s1. The van der Waals surface area contributed by atoms with Crippen molar-refractivity contribution in [1.29, 1.82) is 0 Å². The molecule has 2 aromatic rings. The molecule has 3 unspecified atom stereocenters. The van der Waals surface area contributed by atoms with Crippen LogP contribution in [-0.2, 0) is 10.9 Å². The maximum absolute atomic E-state index is 14.0. The molecule has 1 saturated carbocycles. The number of rotatable bonds is 5. The van der Waals surface area contributed by atoms with E-state index in [0.717, 1.165) is 49.7 Å². The molecule has 1 aromatic heterocycles. The van der Waals surface area contributed by atoms with Gasteiger partial charge in [-0.3, -0.25) is 0 Å². The summed E-state index contributed by atoms with van der Waals surface area (Å²) in [7, 11) is 0. The molecule has 2 bridgehead atoms. The normalized spacial score (nSPS) is 32.4. The van der Waals surface area contributed by atoms with Crippen molar-refractivity contribution in [3.63, 3.8) is 0 Å². The molecule has 190 valence electrons. The van der Waals surface area contributed by atoms with Gasteiger partial charge in [0.2, 0.25) is 0 Å². The predicted molar refractivity (Wildman–Crippen MR) is 130 cm³/mol. The zero-order valence-electron chi connectivity index (χ0n) is 20.3. The minimum absolute atomic E-state index is 0. The molecule has 1 aliphatic carbocycles. The van der Waals surface area contributed by atoms with Gasteiger partial charge in [-0.15, -0.1) is 10.2 Å². The van der Waals surface area contributed by atoms with Crippen LogP contribution in [0.2, 0.25) is 0 Å². The molecule has 4 aliphatic rings. The van der Waals surface area contributed by atoms with Crippen molar-refractivity contribution in [2.24, 2.45) is 17.8 Å². The molecule has 3 aliphatic heterocycles. The monoisotopic (exact) mass is 488 g/mol. The Kier molecular flexibility index (Phi) is 5.79. The number of anilines is 1. The molecule has 1 aromatic carbocycles. The molecule has 0 amide bonds. The summed E-state index contributed by atoms with van der Waals surface area (Å²) in [6, 6.07) is 6.85. The number of halogens is 3. The number of benzene rings is 1. The Morgan fingerprint density at radius 2 is 1.83 bits per heavy atom. The highest BCUT2D eigenvalue weighted by Gasteiger charge is 2.46. The zero-order valence-corrected chi connectivity index (χ0v) is 20.3. The average molecular weight is 489 g/mol. The molecule has 6 rings (SSSR count). The van der Waals surface area contributed by atoms with Crippen LogP contribution in [0.3, 0.4) is 0 Å². The number of nitrogens with one attached hydrogen (secondary N) is 1. The van der Waals surface area contributed by atoms with Crippen molar-refractivity contribution < 1.29 is 19.3 Å². The lowest BCUT2D eigenvalue weighted by Gasteiger charge is -2.26. The van der Waals surface area contributed by atoms with Gasteiger partial charge in [-0.05, 0) is 75.5 Å². The third kappa shape index (κ3) is 4.55. The summed E-state index contributed by atoms with van der Waals surface area (Å²) < 4.78 is 48.1. The molecule has 6 atom stereocenters. The summed E-state index contributed by atoms with van der Waals surface area (Å²) in [4.78, 5) is 2.57. The van der Waals surface area contributed by atoms with Gasteiger partial charge in [-0.1, -0.05) is 17.7 Å². The van der Waals surface area contributed by atoms with Crippen LogP contribution in [-0.4, -0.2) is 53.0 Å². The average Bonchev–Trinajstić information content (AvgIpc) is 3.57. The zero-order chi connectivity index (χ0) is 24.3. The first-order valence-electron chi connectivity index (χ1n) is 12.9. The third-order valence-electron chi connectivity index (χ3n) is 8.66. The second-order valence-corrected chi connectivity index (χ2v) is 11.2. The Hall–Kier alpha value is -2.19. The van der Waals surface area contributed by atoms with Gasteiger partial charge in [-0.25, -0.2) is 0 Å². The number of aromatic nitrogens is 2. The van der Waals surface area contributed by atoms with E-state index >= 15 is 0 Å². The molecule has 4 heterocycles. The Balaban J connectivity index is 0.00000267. The van der Waals surface area contributed by atoms with Crippen LogP contribution in [0.4, 0.5) is 19.0 Å². The quantitative estimate of drug-likeness (QED) is 0.584. The number of hydrogen-bond donors (Lipinski definition) is 1. The van der Waals surface area contributed by atoms with Crippen LogP contribution in [0.1, 0.15) is 50.2 Å². The third-order valence-corrected chi connectivity index (χ3v) is 8.66. The van der Waals surface area contributed by atoms with Gasteiger partial charge >= 0.3 is 6.18 Å². The van der Waals surface area contributed by atoms with E-state index in [4.69, 9.17) is 4.74 Å². The molecular weight excluding hydrogens is 453 g/mol. The Morgan fingerprint density at radius 3 is 2.49 bits per heavy atom. The molecule has 0 radical (unpaired) electrons. The lowest BCUT2D eigenvalue weighted by molar-refractivity contribution is -0.137. The first kappa shape index (κ1) is 23.2. The van der Waals surface area contributed by atoms with E-state index in [-0.39, 0.29) is 19.0 Å². The van der Waals surface area contributed by atoms with Gasteiger partial charge in [0.15, 0.2) is 5.82 Å². The Bertz CT molecular complexity index is 1100. The molecule has 0 spiro atoms.